The number of carbonyl (C=O) groups is 2. The molecule has 2 heterocycles. The average molecular weight is 371 g/mol. The molecule has 1 aliphatic rings. The second-order valence-electron chi connectivity index (χ2n) is 7.05. The number of aromatic amines is 1. The van der Waals surface area contributed by atoms with E-state index < -0.39 is 11.9 Å². The second kappa shape index (κ2) is 7.82. The first-order valence-corrected chi connectivity index (χ1v) is 9.05. The zero-order valence-electron chi connectivity index (χ0n) is 15.9. The molecular weight excluding hydrogens is 346 g/mol. The van der Waals surface area contributed by atoms with E-state index in [1.165, 1.54) is 0 Å². The average Bonchev–Trinajstić information content (AvgIpc) is 3.25. The highest BCUT2D eigenvalue weighted by atomic mass is 16.5. The number of benzene rings is 1. The predicted molar refractivity (Wildman–Crippen MR) is 99.8 cm³/mol. The molecule has 1 aliphatic heterocycles. The Morgan fingerprint density at radius 1 is 1.33 bits per heavy atom. The Bertz CT molecular complexity index is 846. The van der Waals surface area contributed by atoms with E-state index in [0.29, 0.717) is 25.1 Å². The van der Waals surface area contributed by atoms with Crippen LogP contribution in [0, 0.1) is 19.8 Å². The van der Waals surface area contributed by atoms with Crippen LogP contribution in [-0.2, 0) is 16.0 Å². The number of hydrogen-bond donors (Lipinski definition) is 2. The summed E-state index contributed by atoms with van der Waals surface area (Å²) in [7, 11) is 1.58. The monoisotopic (exact) mass is 371 g/mol. The summed E-state index contributed by atoms with van der Waals surface area (Å²) in [6.07, 6.45) is 0.870. The van der Waals surface area contributed by atoms with Gasteiger partial charge >= 0.3 is 5.97 Å². The molecule has 7 nitrogen and oxygen atoms in total. The number of methoxy groups -OCH3 is 1. The van der Waals surface area contributed by atoms with Crippen molar-refractivity contribution in [1.82, 2.24) is 15.1 Å². The summed E-state index contributed by atoms with van der Waals surface area (Å²) < 4.78 is 5.25. The highest BCUT2D eigenvalue weighted by Gasteiger charge is 2.40. The number of hydrogen-bond acceptors (Lipinski definition) is 4. The van der Waals surface area contributed by atoms with Crippen molar-refractivity contribution in [3.05, 3.63) is 46.8 Å². The number of aliphatic carboxylic acids is 1. The van der Waals surface area contributed by atoms with E-state index in [1.54, 1.807) is 12.0 Å². The van der Waals surface area contributed by atoms with Gasteiger partial charge in [-0.05, 0) is 37.1 Å². The zero-order valence-corrected chi connectivity index (χ0v) is 15.9. The lowest BCUT2D eigenvalue weighted by atomic mass is 9.89. The minimum atomic E-state index is -0.878. The second-order valence-corrected chi connectivity index (χ2v) is 7.05. The van der Waals surface area contributed by atoms with Gasteiger partial charge in [0.15, 0.2) is 0 Å². The third-order valence-corrected chi connectivity index (χ3v) is 5.44. The smallest absolute Gasteiger partial charge is 0.308 e. The molecule has 2 unspecified atom stereocenters. The van der Waals surface area contributed by atoms with Gasteiger partial charge in [-0.15, -0.1) is 0 Å². The van der Waals surface area contributed by atoms with Crippen molar-refractivity contribution in [3.8, 4) is 5.75 Å². The summed E-state index contributed by atoms with van der Waals surface area (Å²) in [4.78, 5) is 26.1. The van der Waals surface area contributed by atoms with Gasteiger partial charge in [-0.25, -0.2) is 0 Å². The molecule has 2 atom stereocenters. The molecule has 1 saturated heterocycles. The molecule has 0 aliphatic carbocycles. The number of carboxylic acids is 1. The number of nitrogens with one attached hydrogen (secondary N) is 1. The highest BCUT2D eigenvalue weighted by Crippen LogP contribution is 2.34. The van der Waals surface area contributed by atoms with Gasteiger partial charge in [0.25, 0.3) is 0 Å². The lowest BCUT2D eigenvalue weighted by molar-refractivity contribution is -0.141. The van der Waals surface area contributed by atoms with Crippen LogP contribution in [0.2, 0.25) is 0 Å². The van der Waals surface area contributed by atoms with Gasteiger partial charge in [-0.1, -0.05) is 12.1 Å². The van der Waals surface area contributed by atoms with E-state index in [2.05, 4.69) is 10.2 Å². The molecule has 0 bridgehead atoms. The third-order valence-electron chi connectivity index (χ3n) is 5.44. The Morgan fingerprint density at radius 2 is 2.11 bits per heavy atom. The molecule has 1 amide bonds. The molecule has 27 heavy (non-hydrogen) atoms. The molecule has 2 aromatic rings. The van der Waals surface area contributed by atoms with Gasteiger partial charge in [0.1, 0.15) is 5.75 Å². The molecule has 1 fully saturated rings. The number of rotatable bonds is 6. The van der Waals surface area contributed by atoms with Gasteiger partial charge in [0, 0.05) is 37.5 Å². The first-order chi connectivity index (χ1) is 12.9. The van der Waals surface area contributed by atoms with Crippen LogP contribution in [-0.4, -0.2) is 52.3 Å². The number of H-pyrrole nitrogens is 1. The third kappa shape index (κ3) is 3.97. The van der Waals surface area contributed by atoms with Crippen LogP contribution in [0.3, 0.4) is 0 Å². The maximum atomic E-state index is 12.7. The van der Waals surface area contributed by atoms with E-state index in [4.69, 9.17) is 4.74 Å². The molecule has 0 saturated carbocycles. The van der Waals surface area contributed by atoms with E-state index in [0.717, 1.165) is 22.5 Å². The maximum absolute atomic E-state index is 12.7. The summed E-state index contributed by atoms with van der Waals surface area (Å²) >= 11 is 0. The van der Waals surface area contributed by atoms with Crippen molar-refractivity contribution < 1.29 is 19.4 Å². The van der Waals surface area contributed by atoms with Gasteiger partial charge in [0.2, 0.25) is 5.91 Å². The Morgan fingerprint density at radius 3 is 2.74 bits per heavy atom. The quantitative estimate of drug-likeness (QED) is 0.812. The van der Waals surface area contributed by atoms with Crippen molar-refractivity contribution >= 4 is 11.9 Å². The van der Waals surface area contributed by atoms with Crippen LogP contribution >= 0.6 is 0 Å². The van der Waals surface area contributed by atoms with Crippen LogP contribution in [0.5, 0.6) is 5.75 Å². The molecule has 7 heteroatoms. The van der Waals surface area contributed by atoms with Gasteiger partial charge in [-0.2, -0.15) is 5.10 Å². The number of carbonyl (C=O) groups excluding carboxylic acids is 1. The van der Waals surface area contributed by atoms with E-state index >= 15 is 0 Å². The fraction of sp³-hybridized carbons (Fsp3) is 0.450. The molecule has 0 radical (unpaired) electrons. The van der Waals surface area contributed by atoms with Crippen LogP contribution in [0.1, 0.15) is 34.9 Å². The molecule has 1 aromatic heterocycles. The van der Waals surface area contributed by atoms with Crippen LogP contribution < -0.4 is 4.74 Å². The number of carboxylic acid groups (broad SMARTS) is 1. The zero-order chi connectivity index (χ0) is 19.6. The summed E-state index contributed by atoms with van der Waals surface area (Å²) in [6, 6.07) is 7.42. The number of likely N-dealkylation sites (tertiary alicyclic amines) is 1. The van der Waals surface area contributed by atoms with E-state index in [9.17, 15) is 14.7 Å². The van der Waals surface area contributed by atoms with Crippen molar-refractivity contribution in [2.45, 2.75) is 32.6 Å². The van der Waals surface area contributed by atoms with Crippen molar-refractivity contribution in [2.75, 3.05) is 20.2 Å². The predicted octanol–water partition coefficient (Wildman–Crippen LogP) is 2.29. The SMILES string of the molecule is COc1cccc(C2CN(C(=O)CCc3n[nH]c(C)c3C)CC2C(=O)O)c1. The Kier molecular flexibility index (Phi) is 5.48. The fourth-order valence-electron chi connectivity index (χ4n) is 3.63. The Labute approximate surface area is 158 Å². The molecule has 144 valence electrons. The molecule has 2 N–H and O–H groups in total. The largest absolute Gasteiger partial charge is 0.497 e. The van der Waals surface area contributed by atoms with Crippen molar-refractivity contribution in [1.29, 1.82) is 0 Å². The first kappa shape index (κ1) is 18.9. The summed E-state index contributed by atoms with van der Waals surface area (Å²) in [5, 5.41) is 16.8. The minimum Gasteiger partial charge on any atom is -0.497 e. The lowest BCUT2D eigenvalue weighted by Crippen LogP contribution is -2.30. The summed E-state index contributed by atoms with van der Waals surface area (Å²) in [5.41, 5.74) is 3.85. The van der Waals surface area contributed by atoms with E-state index in [-0.39, 0.29) is 18.4 Å². The highest BCUT2D eigenvalue weighted by molar-refractivity contribution is 5.80. The van der Waals surface area contributed by atoms with E-state index in [1.807, 2.05) is 38.1 Å². The van der Waals surface area contributed by atoms with Crippen molar-refractivity contribution in [2.24, 2.45) is 5.92 Å². The summed E-state index contributed by atoms with van der Waals surface area (Å²) in [6.45, 7) is 4.56. The van der Waals surface area contributed by atoms with Crippen molar-refractivity contribution in [3.63, 3.8) is 0 Å². The van der Waals surface area contributed by atoms with Gasteiger partial charge in [0.05, 0.1) is 18.7 Å². The number of aryl methyl sites for hydroxylation is 2. The Hall–Kier alpha value is -2.83. The van der Waals surface area contributed by atoms with Gasteiger partial charge in [-0.3, -0.25) is 14.7 Å². The maximum Gasteiger partial charge on any atom is 0.308 e. The van der Waals surface area contributed by atoms with Crippen LogP contribution in [0.25, 0.3) is 0 Å². The number of nitrogens with zero attached hydrogens (tertiary/aromatic N) is 2. The topological polar surface area (TPSA) is 95.5 Å². The standard InChI is InChI=1S/C20H25N3O4/c1-12-13(2)21-22-18(12)7-8-19(24)23-10-16(17(11-23)20(25)26)14-5-4-6-15(9-14)27-3/h4-6,9,16-17H,7-8,10-11H2,1-3H3,(H,21,22)(H,25,26). The normalized spacial score (nSPS) is 19.3. The number of ether oxygens (including phenoxy) is 1. The molecule has 3 rings (SSSR count). The minimum absolute atomic E-state index is 0.0355. The Balaban J connectivity index is 1.70. The molecular formula is C20H25N3O4. The molecule has 0 spiro atoms. The summed E-state index contributed by atoms with van der Waals surface area (Å²) in [5.74, 6) is -1.08. The fourth-order valence-corrected chi connectivity index (χ4v) is 3.63. The number of aromatic nitrogens is 2. The van der Waals surface area contributed by atoms with Gasteiger partial charge < -0.3 is 14.7 Å². The molecule has 1 aromatic carbocycles. The first-order valence-electron chi connectivity index (χ1n) is 9.05. The number of amides is 1. The van der Waals surface area contributed by atoms with Crippen LogP contribution in [0.4, 0.5) is 0 Å². The van der Waals surface area contributed by atoms with Crippen LogP contribution in [0.15, 0.2) is 24.3 Å². The lowest BCUT2D eigenvalue weighted by Gasteiger charge is -2.17.